The van der Waals surface area contributed by atoms with Gasteiger partial charge in [-0.25, -0.2) is 4.79 Å². The predicted octanol–water partition coefficient (Wildman–Crippen LogP) is 2.05. The van der Waals surface area contributed by atoms with Crippen LogP contribution in [-0.4, -0.2) is 39.6 Å². The molecule has 2 amide bonds. The maximum atomic E-state index is 11.5. The maximum absolute atomic E-state index is 11.5. The number of hydrogen-bond donors (Lipinski definition) is 2. The fourth-order valence-corrected chi connectivity index (χ4v) is 2.64. The van der Waals surface area contributed by atoms with Crippen LogP contribution in [0.25, 0.3) is 0 Å². The van der Waals surface area contributed by atoms with Crippen LogP contribution >= 0.6 is 11.8 Å². The lowest BCUT2D eigenvalue weighted by Crippen LogP contribution is -2.37. The van der Waals surface area contributed by atoms with Gasteiger partial charge in [-0.05, 0) is 31.4 Å². The molecule has 1 saturated carbocycles. The van der Waals surface area contributed by atoms with Gasteiger partial charge in [-0.1, -0.05) is 25.6 Å². The van der Waals surface area contributed by atoms with Crippen LogP contribution in [0, 0.1) is 5.92 Å². The molecule has 0 atom stereocenters. The maximum Gasteiger partial charge on any atom is 0.315 e. The number of amides is 2. The quantitative estimate of drug-likeness (QED) is 0.569. The van der Waals surface area contributed by atoms with Crippen molar-refractivity contribution in [2.24, 2.45) is 5.92 Å². The largest absolute Gasteiger partial charge is 0.338 e. The normalized spacial score (nSPS) is 14.5. The van der Waals surface area contributed by atoms with Gasteiger partial charge in [0.1, 0.15) is 5.82 Å². The second kappa shape index (κ2) is 7.68. The number of aromatic nitrogens is 3. The third kappa shape index (κ3) is 5.22. The van der Waals surface area contributed by atoms with E-state index in [1.807, 2.05) is 6.26 Å². The van der Waals surface area contributed by atoms with Crippen molar-refractivity contribution < 1.29 is 4.79 Å². The average molecular weight is 311 g/mol. The summed E-state index contributed by atoms with van der Waals surface area (Å²) < 4.78 is 2.19. The molecular weight excluding hydrogens is 286 g/mol. The molecule has 6 nitrogen and oxygen atoms in total. The third-order valence-electron chi connectivity index (χ3n) is 3.30. The molecule has 0 unspecified atom stereocenters. The summed E-state index contributed by atoms with van der Waals surface area (Å²) in [6, 6.07) is 0.356. The standard InChI is InChI=1S/C14H25N5OS/c1-10(2)9-19-12(17-18-14(19)21-3)5-4-8-15-13(20)16-11-6-7-11/h10-11H,4-9H2,1-3H3,(H2,15,16,20). The Morgan fingerprint density at radius 3 is 2.81 bits per heavy atom. The minimum absolute atomic E-state index is 0.0500. The van der Waals surface area contributed by atoms with Gasteiger partial charge in [-0.2, -0.15) is 0 Å². The summed E-state index contributed by atoms with van der Waals surface area (Å²) in [7, 11) is 0. The molecule has 1 aromatic rings. The van der Waals surface area contributed by atoms with Crippen LogP contribution in [0.1, 0.15) is 38.9 Å². The van der Waals surface area contributed by atoms with Gasteiger partial charge < -0.3 is 15.2 Å². The summed E-state index contributed by atoms with van der Waals surface area (Å²) in [5.41, 5.74) is 0. The fourth-order valence-electron chi connectivity index (χ4n) is 2.12. The highest BCUT2D eigenvalue weighted by Gasteiger charge is 2.22. The Bertz CT molecular complexity index is 470. The molecule has 0 radical (unpaired) electrons. The van der Waals surface area contributed by atoms with Crippen molar-refractivity contribution in [2.75, 3.05) is 12.8 Å². The second-order valence-corrected chi connectivity index (χ2v) is 6.66. The van der Waals surface area contributed by atoms with Crippen molar-refractivity contribution in [3.63, 3.8) is 0 Å². The number of carbonyl (C=O) groups is 1. The molecule has 2 N–H and O–H groups in total. The zero-order valence-electron chi connectivity index (χ0n) is 13.1. The van der Waals surface area contributed by atoms with Crippen molar-refractivity contribution >= 4 is 17.8 Å². The van der Waals surface area contributed by atoms with Gasteiger partial charge in [0.15, 0.2) is 5.16 Å². The number of carbonyl (C=O) groups excluding carboxylic acids is 1. The first-order chi connectivity index (χ1) is 10.1. The molecule has 1 fully saturated rings. The Morgan fingerprint density at radius 1 is 1.43 bits per heavy atom. The molecule has 1 heterocycles. The summed E-state index contributed by atoms with van der Waals surface area (Å²) in [6.45, 7) is 5.99. The van der Waals surface area contributed by atoms with E-state index in [9.17, 15) is 4.79 Å². The van der Waals surface area contributed by atoms with E-state index >= 15 is 0 Å². The summed E-state index contributed by atoms with van der Waals surface area (Å²) in [5.74, 6) is 1.57. The number of hydrogen-bond acceptors (Lipinski definition) is 4. The van der Waals surface area contributed by atoms with E-state index in [0.717, 1.165) is 43.2 Å². The zero-order chi connectivity index (χ0) is 15.2. The molecule has 7 heteroatoms. The Morgan fingerprint density at radius 2 is 2.19 bits per heavy atom. The van der Waals surface area contributed by atoms with Gasteiger partial charge in [0.25, 0.3) is 0 Å². The second-order valence-electron chi connectivity index (χ2n) is 5.89. The minimum Gasteiger partial charge on any atom is -0.338 e. The molecule has 118 valence electrons. The van der Waals surface area contributed by atoms with Crippen molar-refractivity contribution in [1.29, 1.82) is 0 Å². The highest BCUT2D eigenvalue weighted by atomic mass is 32.2. The van der Waals surface area contributed by atoms with E-state index in [1.165, 1.54) is 0 Å². The SMILES string of the molecule is CSc1nnc(CCCNC(=O)NC2CC2)n1CC(C)C. The number of aryl methyl sites for hydroxylation is 1. The Balaban J connectivity index is 1.76. The smallest absolute Gasteiger partial charge is 0.315 e. The third-order valence-corrected chi connectivity index (χ3v) is 3.97. The van der Waals surface area contributed by atoms with E-state index < -0.39 is 0 Å². The lowest BCUT2D eigenvalue weighted by atomic mass is 10.2. The van der Waals surface area contributed by atoms with Gasteiger partial charge in [0.2, 0.25) is 0 Å². The molecule has 1 aromatic heterocycles. The van der Waals surface area contributed by atoms with Crippen LogP contribution in [0.15, 0.2) is 5.16 Å². The van der Waals surface area contributed by atoms with E-state index in [-0.39, 0.29) is 6.03 Å². The van der Waals surface area contributed by atoms with Gasteiger partial charge in [0.05, 0.1) is 0 Å². The highest BCUT2D eigenvalue weighted by Crippen LogP contribution is 2.18. The van der Waals surface area contributed by atoms with Crippen LogP contribution in [0.4, 0.5) is 4.79 Å². The first-order valence-electron chi connectivity index (χ1n) is 7.60. The van der Waals surface area contributed by atoms with E-state index in [2.05, 4.69) is 39.2 Å². The number of rotatable bonds is 8. The van der Waals surface area contributed by atoms with Gasteiger partial charge in [-0.15, -0.1) is 10.2 Å². The zero-order valence-corrected chi connectivity index (χ0v) is 13.9. The van der Waals surface area contributed by atoms with Crippen LogP contribution < -0.4 is 10.6 Å². The molecule has 0 spiro atoms. The molecular formula is C14H25N5OS. The molecule has 21 heavy (non-hydrogen) atoms. The molecule has 0 saturated heterocycles. The Hall–Kier alpha value is -1.24. The highest BCUT2D eigenvalue weighted by molar-refractivity contribution is 7.98. The predicted molar refractivity (Wildman–Crippen MR) is 84.5 cm³/mol. The van der Waals surface area contributed by atoms with Crippen molar-refractivity contribution in [2.45, 2.75) is 57.3 Å². The minimum atomic E-state index is -0.0500. The van der Waals surface area contributed by atoms with Crippen LogP contribution in [0.5, 0.6) is 0 Å². The topological polar surface area (TPSA) is 71.8 Å². The summed E-state index contributed by atoms with van der Waals surface area (Å²) in [4.78, 5) is 11.5. The lowest BCUT2D eigenvalue weighted by molar-refractivity contribution is 0.240. The molecule has 1 aliphatic carbocycles. The summed E-state index contributed by atoms with van der Waals surface area (Å²) >= 11 is 1.63. The number of nitrogens with zero attached hydrogens (tertiary/aromatic N) is 3. The molecule has 0 bridgehead atoms. The van der Waals surface area contributed by atoms with Crippen LogP contribution in [0.2, 0.25) is 0 Å². The summed E-state index contributed by atoms with van der Waals surface area (Å²) in [5, 5.41) is 15.3. The van der Waals surface area contributed by atoms with Gasteiger partial charge in [0, 0.05) is 25.6 Å². The van der Waals surface area contributed by atoms with Crippen molar-refractivity contribution in [3.05, 3.63) is 5.82 Å². The van der Waals surface area contributed by atoms with Crippen LogP contribution in [0.3, 0.4) is 0 Å². The monoisotopic (exact) mass is 311 g/mol. The number of nitrogens with one attached hydrogen (secondary N) is 2. The van der Waals surface area contributed by atoms with E-state index in [0.29, 0.717) is 18.5 Å². The van der Waals surface area contributed by atoms with Crippen molar-refractivity contribution in [1.82, 2.24) is 25.4 Å². The van der Waals surface area contributed by atoms with Gasteiger partial charge in [-0.3, -0.25) is 0 Å². The average Bonchev–Trinajstić information content (AvgIpc) is 3.16. The first kappa shape index (κ1) is 16.1. The molecule has 1 aliphatic rings. The molecule has 0 aromatic carbocycles. The number of thioether (sulfide) groups is 1. The first-order valence-corrected chi connectivity index (χ1v) is 8.83. The van der Waals surface area contributed by atoms with Crippen LogP contribution in [-0.2, 0) is 13.0 Å². The summed E-state index contributed by atoms with van der Waals surface area (Å²) in [6.07, 6.45) is 5.97. The van der Waals surface area contributed by atoms with E-state index in [4.69, 9.17) is 0 Å². The van der Waals surface area contributed by atoms with E-state index in [1.54, 1.807) is 11.8 Å². The Kier molecular flexibility index (Phi) is 5.90. The van der Waals surface area contributed by atoms with Crippen molar-refractivity contribution in [3.8, 4) is 0 Å². The number of urea groups is 1. The Labute approximate surface area is 130 Å². The fraction of sp³-hybridized carbons (Fsp3) is 0.786. The lowest BCUT2D eigenvalue weighted by Gasteiger charge is -2.12. The molecule has 0 aliphatic heterocycles. The van der Waals surface area contributed by atoms with Gasteiger partial charge >= 0.3 is 6.03 Å². The molecule has 2 rings (SSSR count).